The first kappa shape index (κ1) is 14.7. The topological polar surface area (TPSA) is 104 Å². The zero-order chi connectivity index (χ0) is 14.4. The number of amides is 1. The van der Waals surface area contributed by atoms with Gasteiger partial charge in [-0.2, -0.15) is 0 Å². The van der Waals surface area contributed by atoms with Gasteiger partial charge < -0.3 is 15.5 Å². The number of nitrogens with one attached hydrogen (secondary N) is 1. The van der Waals surface area contributed by atoms with Crippen LogP contribution in [0.4, 0.5) is 0 Å². The molecule has 0 heterocycles. The number of rotatable bonds is 6. The van der Waals surface area contributed by atoms with Crippen LogP contribution in [0.2, 0.25) is 0 Å². The Morgan fingerprint density at radius 3 is 2.21 bits per heavy atom. The zero-order valence-corrected chi connectivity index (χ0v) is 10.4. The molecule has 0 spiro atoms. The lowest BCUT2D eigenvalue weighted by Crippen LogP contribution is -2.37. The molecule has 0 fully saturated rings. The van der Waals surface area contributed by atoms with Crippen LogP contribution in [-0.2, 0) is 14.4 Å². The Hall–Kier alpha value is -2.37. The lowest BCUT2D eigenvalue weighted by Gasteiger charge is -2.17. The van der Waals surface area contributed by atoms with Crippen LogP contribution >= 0.6 is 0 Å². The molecule has 0 unspecified atom stereocenters. The molecule has 0 radical (unpaired) electrons. The molecule has 6 heteroatoms. The molecule has 1 aromatic rings. The summed E-state index contributed by atoms with van der Waals surface area (Å²) in [7, 11) is 0. The Labute approximate surface area is 110 Å². The molecule has 19 heavy (non-hydrogen) atoms. The summed E-state index contributed by atoms with van der Waals surface area (Å²) in [6, 6.07) is 7.06. The van der Waals surface area contributed by atoms with Crippen LogP contribution < -0.4 is 5.32 Å². The van der Waals surface area contributed by atoms with E-state index < -0.39 is 29.8 Å². The first-order valence-corrected chi connectivity index (χ1v) is 5.71. The number of carbonyl (C=O) groups excluding carboxylic acids is 1. The van der Waals surface area contributed by atoms with Crippen molar-refractivity contribution in [2.75, 3.05) is 0 Å². The van der Waals surface area contributed by atoms with Gasteiger partial charge in [0.25, 0.3) is 0 Å². The molecule has 0 saturated carbocycles. The van der Waals surface area contributed by atoms with E-state index in [-0.39, 0.29) is 6.42 Å². The van der Waals surface area contributed by atoms with Crippen molar-refractivity contribution in [2.45, 2.75) is 19.4 Å². The highest BCUT2D eigenvalue weighted by Crippen LogP contribution is 2.14. The van der Waals surface area contributed by atoms with Crippen molar-refractivity contribution in [2.24, 2.45) is 5.92 Å². The molecule has 1 amide bonds. The number of carboxylic acid groups (broad SMARTS) is 2. The van der Waals surface area contributed by atoms with Gasteiger partial charge in [0, 0.05) is 5.92 Å². The van der Waals surface area contributed by atoms with E-state index in [1.54, 1.807) is 30.3 Å². The molecule has 1 rings (SSSR count). The van der Waals surface area contributed by atoms with Crippen molar-refractivity contribution >= 4 is 17.8 Å². The minimum atomic E-state index is -1.19. The molecule has 102 valence electrons. The number of carbonyl (C=O) groups is 3. The highest BCUT2D eigenvalue weighted by atomic mass is 16.4. The lowest BCUT2D eigenvalue weighted by molar-refractivity contribution is -0.143. The molecule has 1 aromatic carbocycles. The first-order chi connectivity index (χ1) is 8.91. The van der Waals surface area contributed by atoms with Gasteiger partial charge in [-0.25, -0.2) is 4.79 Å². The summed E-state index contributed by atoms with van der Waals surface area (Å²) in [6.07, 6.45) is -0.340. The normalized spacial score (nSPS) is 13.3. The highest BCUT2D eigenvalue weighted by Gasteiger charge is 2.25. The third kappa shape index (κ3) is 4.42. The van der Waals surface area contributed by atoms with Gasteiger partial charge in [-0.1, -0.05) is 37.3 Å². The van der Waals surface area contributed by atoms with Crippen molar-refractivity contribution in [3.05, 3.63) is 35.9 Å². The van der Waals surface area contributed by atoms with Gasteiger partial charge >= 0.3 is 11.9 Å². The fourth-order valence-electron chi connectivity index (χ4n) is 1.57. The highest BCUT2D eigenvalue weighted by molar-refractivity contribution is 5.87. The first-order valence-electron chi connectivity index (χ1n) is 5.71. The van der Waals surface area contributed by atoms with E-state index >= 15 is 0 Å². The Bertz CT molecular complexity index is 471. The van der Waals surface area contributed by atoms with Gasteiger partial charge in [0.1, 0.15) is 0 Å². The van der Waals surface area contributed by atoms with Crippen molar-refractivity contribution in [3.63, 3.8) is 0 Å². The average molecular weight is 265 g/mol. The SMILES string of the molecule is C[C@@H](CC(=O)O)C(=O)N[C@@H](C(=O)O)c1ccccc1. The van der Waals surface area contributed by atoms with Crippen LogP contribution in [-0.4, -0.2) is 28.1 Å². The van der Waals surface area contributed by atoms with Gasteiger partial charge in [0.05, 0.1) is 6.42 Å². The van der Waals surface area contributed by atoms with Crippen LogP contribution in [0.5, 0.6) is 0 Å². The van der Waals surface area contributed by atoms with E-state index in [1.165, 1.54) is 6.92 Å². The van der Waals surface area contributed by atoms with Crippen LogP contribution in [0.25, 0.3) is 0 Å². The predicted octanol–water partition coefficient (Wildman–Crippen LogP) is 1.04. The van der Waals surface area contributed by atoms with Gasteiger partial charge in [-0.3, -0.25) is 9.59 Å². The minimum absolute atomic E-state index is 0.340. The summed E-state index contributed by atoms with van der Waals surface area (Å²) in [5.41, 5.74) is 0.436. The second-order valence-corrected chi connectivity index (χ2v) is 4.19. The maximum absolute atomic E-state index is 11.7. The predicted molar refractivity (Wildman–Crippen MR) is 66.4 cm³/mol. The van der Waals surface area contributed by atoms with Crippen LogP contribution in [0, 0.1) is 5.92 Å². The van der Waals surface area contributed by atoms with Gasteiger partial charge in [-0.05, 0) is 5.56 Å². The van der Waals surface area contributed by atoms with Gasteiger partial charge in [0.2, 0.25) is 5.91 Å². The third-order valence-corrected chi connectivity index (χ3v) is 2.59. The summed E-state index contributed by atoms with van der Waals surface area (Å²) >= 11 is 0. The second-order valence-electron chi connectivity index (χ2n) is 4.19. The minimum Gasteiger partial charge on any atom is -0.481 e. The van der Waals surface area contributed by atoms with E-state index in [4.69, 9.17) is 10.2 Å². The van der Waals surface area contributed by atoms with Crippen LogP contribution in [0.3, 0.4) is 0 Å². The molecular weight excluding hydrogens is 250 g/mol. The summed E-state index contributed by atoms with van der Waals surface area (Å²) < 4.78 is 0. The quantitative estimate of drug-likeness (QED) is 0.713. The number of benzene rings is 1. The summed E-state index contributed by atoms with van der Waals surface area (Å²) in [4.78, 5) is 33.4. The smallest absolute Gasteiger partial charge is 0.330 e. The summed E-state index contributed by atoms with van der Waals surface area (Å²) in [6.45, 7) is 1.44. The van der Waals surface area contributed by atoms with E-state index in [9.17, 15) is 14.4 Å². The summed E-state index contributed by atoms with van der Waals surface area (Å²) in [5, 5.41) is 20.0. The standard InChI is InChI=1S/C13H15NO5/c1-8(7-10(15)16)12(17)14-11(13(18)19)9-5-3-2-4-6-9/h2-6,8,11H,7H2,1H3,(H,14,17)(H,15,16)(H,18,19)/t8-,11+/m0/s1. The maximum Gasteiger partial charge on any atom is 0.330 e. The fraction of sp³-hybridized carbons (Fsp3) is 0.308. The molecule has 0 aliphatic heterocycles. The molecule has 0 saturated heterocycles. The number of hydrogen-bond donors (Lipinski definition) is 3. The number of aliphatic carboxylic acids is 2. The molecular formula is C13H15NO5. The zero-order valence-electron chi connectivity index (χ0n) is 10.4. The molecule has 0 bridgehead atoms. The third-order valence-electron chi connectivity index (χ3n) is 2.59. The van der Waals surface area contributed by atoms with E-state index in [1.807, 2.05) is 0 Å². The van der Waals surface area contributed by atoms with E-state index in [0.29, 0.717) is 5.56 Å². The molecule has 3 N–H and O–H groups in total. The van der Waals surface area contributed by atoms with E-state index in [2.05, 4.69) is 5.32 Å². The Morgan fingerprint density at radius 1 is 1.16 bits per heavy atom. The molecule has 2 atom stereocenters. The fourth-order valence-corrected chi connectivity index (χ4v) is 1.57. The molecule has 0 aliphatic carbocycles. The number of carboxylic acids is 2. The largest absolute Gasteiger partial charge is 0.481 e. The maximum atomic E-state index is 11.7. The molecule has 0 aliphatic rings. The lowest BCUT2D eigenvalue weighted by atomic mass is 10.0. The number of hydrogen-bond acceptors (Lipinski definition) is 3. The summed E-state index contributed by atoms with van der Waals surface area (Å²) in [5.74, 6) is -3.68. The Balaban J connectivity index is 2.78. The average Bonchev–Trinajstić information content (AvgIpc) is 2.35. The van der Waals surface area contributed by atoms with Crippen molar-refractivity contribution in [1.29, 1.82) is 0 Å². The molecule has 6 nitrogen and oxygen atoms in total. The van der Waals surface area contributed by atoms with Crippen LogP contribution in [0.1, 0.15) is 24.9 Å². The van der Waals surface area contributed by atoms with Gasteiger partial charge in [-0.15, -0.1) is 0 Å². The van der Waals surface area contributed by atoms with Crippen molar-refractivity contribution < 1.29 is 24.6 Å². The van der Waals surface area contributed by atoms with Crippen molar-refractivity contribution in [1.82, 2.24) is 5.32 Å². The second kappa shape index (κ2) is 6.53. The monoisotopic (exact) mass is 265 g/mol. The van der Waals surface area contributed by atoms with Gasteiger partial charge in [0.15, 0.2) is 6.04 Å². The Kier molecular flexibility index (Phi) is 5.05. The molecule has 0 aromatic heterocycles. The van der Waals surface area contributed by atoms with Crippen molar-refractivity contribution in [3.8, 4) is 0 Å². The van der Waals surface area contributed by atoms with Crippen LogP contribution in [0.15, 0.2) is 30.3 Å². The Morgan fingerprint density at radius 2 is 1.74 bits per heavy atom. The van der Waals surface area contributed by atoms with E-state index in [0.717, 1.165) is 0 Å².